The number of carbonyl (C=O) groups excluding carboxylic acids is 2. The van der Waals surface area contributed by atoms with E-state index in [1.807, 2.05) is 43.3 Å². The molecule has 1 aromatic heterocycles. The molecule has 35 heavy (non-hydrogen) atoms. The van der Waals surface area contributed by atoms with E-state index in [9.17, 15) is 9.59 Å². The molecule has 0 aliphatic carbocycles. The maximum absolute atomic E-state index is 12.5. The molecule has 0 N–H and O–H groups in total. The van der Waals surface area contributed by atoms with E-state index in [-0.39, 0.29) is 11.8 Å². The molecular formula is C26H25Cl2N3O3S. The van der Waals surface area contributed by atoms with Crippen LogP contribution in [0.3, 0.4) is 0 Å². The van der Waals surface area contributed by atoms with Crippen molar-refractivity contribution in [2.75, 3.05) is 32.8 Å². The Balaban J connectivity index is 1.49. The van der Waals surface area contributed by atoms with Crippen molar-refractivity contribution < 1.29 is 14.3 Å². The van der Waals surface area contributed by atoms with Gasteiger partial charge in [-0.1, -0.05) is 41.0 Å². The molecule has 1 saturated heterocycles. The molecule has 2 amide bonds. The van der Waals surface area contributed by atoms with Gasteiger partial charge in [0.05, 0.1) is 21.5 Å². The molecule has 6 nitrogen and oxygen atoms in total. The second-order valence-electron chi connectivity index (χ2n) is 7.97. The molecule has 1 aliphatic heterocycles. The number of halogens is 2. The molecule has 0 radical (unpaired) electrons. The third-order valence-electron chi connectivity index (χ3n) is 5.68. The van der Waals surface area contributed by atoms with Crippen LogP contribution in [0.5, 0.6) is 5.75 Å². The number of nitrogens with zero attached hydrogens (tertiary/aromatic N) is 3. The number of piperazine rings is 1. The van der Waals surface area contributed by atoms with Crippen molar-refractivity contribution >= 4 is 63.8 Å². The van der Waals surface area contributed by atoms with Gasteiger partial charge in [0.15, 0.2) is 5.75 Å². The van der Waals surface area contributed by atoms with E-state index in [4.69, 9.17) is 27.9 Å². The molecule has 3 aromatic rings. The number of pyridine rings is 1. The average Bonchev–Trinajstić information content (AvgIpc) is 2.86. The first-order valence-electron chi connectivity index (χ1n) is 11.3. The van der Waals surface area contributed by atoms with Crippen LogP contribution in [-0.4, -0.2) is 59.4 Å². The van der Waals surface area contributed by atoms with Gasteiger partial charge in [-0.25, -0.2) is 0 Å². The molecule has 9 heteroatoms. The fraction of sp³-hybridized carbons (Fsp3) is 0.269. The number of hydrogen-bond acceptors (Lipinski definition) is 5. The predicted octanol–water partition coefficient (Wildman–Crippen LogP) is 5.80. The Morgan fingerprint density at radius 2 is 1.80 bits per heavy atom. The number of ether oxygens (including phenoxy) is 1. The average molecular weight is 530 g/mol. The Hall–Kier alpha value is -2.74. The van der Waals surface area contributed by atoms with Gasteiger partial charge in [0, 0.05) is 55.7 Å². The Bertz CT molecular complexity index is 1290. The van der Waals surface area contributed by atoms with E-state index in [1.165, 1.54) is 11.8 Å². The molecule has 0 atom stereocenters. The lowest BCUT2D eigenvalue weighted by atomic mass is 10.2. The zero-order valence-electron chi connectivity index (χ0n) is 19.5. The second-order valence-corrected chi connectivity index (χ2v) is 9.87. The maximum Gasteiger partial charge on any atom is 0.246 e. The van der Waals surface area contributed by atoms with E-state index >= 15 is 0 Å². The highest BCUT2D eigenvalue weighted by molar-refractivity contribution is 7.99. The topological polar surface area (TPSA) is 62.7 Å². The number of carbonyl (C=O) groups is 2. The van der Waals surface area contributed by atoms with Gasteiger partial charge < -0.3 is 14.5 Å². The van der Waals surface area contributed by atoms with Crippen LogP contribution in [-0.2, 0) is 9.59 Å². The Kier molecular flexibility index (Phi) is 8.21. The monoisotopic (exact) mass is 529 g/mol. The highest BCUT2D eigenvalue weighted by atomic mass is 35.5. The molecule has 0 spiro atoms. The highest BCUT2D eigenvalue weighted by Crippen LogP contribution is 2.44. The summed E-state index contributed by atoms with van der Waals surface area (Å²) in [5, 5.41) is 1.98. The molecule has 2 aromatic carbocycles. The van der Waals surface area contributed by atoms with Gasteiger partial charge in [-0.2, -0.15) is 0 Å². The zero-order chi connectivity index (χ0) is 24.9. The van der Waals surface area contributed by atoms with E-state index in [2.05, 4.69) is 4.98 Å². The number of hydrogen-bond donors (Lipinski definition) is 0. The van der Waals surface area contributed by atoms with Gasteiger partial charge in [-0.3, -0.25) is 14.6 Å². The molecule has 1 fully saturated rings. The van der Waals surface area contributed by atoms with Crippen LogP contribution in [0.25, 0.3) is 17.0 Å². The summed E-state index contributed by atoms with van der Waals surface area (Å²) in [6, 6.07) is 11.3. The molecule has 182 valence electrons. The minimum atomic E-state index is -0.0811. The first-order chi connectivity index (χ1) is 16.9. The Morgan fingerprint density at radius 3 is 2.49 bits per heavy atom. The van der Waals surface area contributed by atoms with Crippen molar-refractivity contribution in [3.05, 3.63) is 64.3 Å². The number of fused-ring (bicyclic) bond motifs is 1. The first kappa shape index (κ1) is 25.4. The van der Waals surface area contributed by atoms with Crippen LogP contribution in [0, 0.1) is 0 Å². The lowest BCUT2D eigenvalue weighted by molar-refractivity contribution is -0.135. The fourth-order valence-corrected chi connectivity index (χ4v) is 5.44. The van der Waals surface area contributed by atoms with Crippen molar-refractivity contribution in [3.63, 3.8) is 0 Å². The van der Waals surface area contributed by atoms with Crippen LogP contribution in [0.15, 0.2) is 58.5 Å². The summed E-state index contributed by atoms with van der Waals surface area (Å²) < 4.78 is 5.92. The van der Waals surface area contributed by atoms with Gasteiger partial charge in [-0.15, -0.1) is 0 Å². The van der Waals surface area contributed by atoms with E-state index < -0.39 is 0 Å². The van der Waals surface area contributed by atoms with E-state index in [0.29, 0.717) is 54.1 Å². The summed E-state index contributed by atoms with van der Waals surface area (Å²) in [6.45, 7) is 6.16. The van der Waals surface area contributed by atoms with Crippen LogP contribution in [0.2, 0.25) is 10.0 Å². The number of amides is 2. The maximum atomic E-state index is 12.5. The van der Waals surface area contributed by atoms with Crippen LogP contribution < -0.4 is 4.74 Å². The zero-order valence-corrected chi connectivity index (χ0v) is 21.8. The molecule has 0 saturated carbocycles. The third-order valence-corrected chi connectivity index (χ3v) is 7.52. The smallest absolute Gasteiger partial charge is 0.246 e. The Morgan fingerprint density at radius 1 is 1.06 bits per heavy atom. The van der Waals surface area contributed by atoms with Crippen LogP contribution >= 0.6 is 35.0 Å². The quantitative estimate of drug-likeness (QED) is 0.378. The lowest BCUT2D eigenvalue weighted by Crippen LogP contribution is -2.49. The summed E-state index contributed by atoms with van der Waals surface area (Å²) in [6.07, 6.45) is 5.01. The minimum Gasteiger partial charge on any atom is -0.490 e. The molecule has 4 rings (SSSR count). The molecule has 0 bridgehead atoms. The minimum absolute atomic E-state index is 0.0378. The molecular weight excluding hydrogens is 505 g/mol. The van der Waals surface area contributed by atoms with Gasteiger partial charge >= 0.3 is 0 Å². The van der Waals surface area contributed by atoms with Crippen molar-refractivity contribution in [1.29, 1.82) is 0 Å². The van der Waals surface area contributed by atoms with Crippen molar-refractivity contribution in [1.82, 2.24) is 14.8 Å². The predicted molar refractivity (Wildman–Crippen MR) is 141 cm³/mol. The molecule has 2 heterocycles. The third kappa shape index (κ3) is 5.92. The lowest BCUT2D eigenvalue weighted by Gasteiger charge is -2.33. The summed E-state index contributed by atoms with van der Waals surface area (Å²) in [5.41, 5.74) is 1.53. The van der Waals surface area contributed by atoms with Crippen LogP contribution in [0.1, 0.15) is 19.4 Å². The van der Waals surface area contributed by atoms with E-state index in [1.54, 1.807) is 35.1 Å². The summed E-state index contributed by atoms with van der Waals surface area (Å²) >= 11 is 14.6. The van der Waals surface area contributed by atoms with Crippen molar-refractivity contribution in [2.45, 2.75) is 23.6 Å². The molecule has 1 aliphatic rings. The normalized spacial score (nSPS) is 14.1. The number of rotatable bonds is 6. The number of benzene rings is 2. The summed E-state index contributed by atoms with van der Waals surface area (Å²) in [4.78, 5) is 33.6. The Labute approximate surface area is 218 Å². The van der Waals surface area contributed by atoms with Gasteiger partial charge in [0.2, 0.25) is 11.8 Å². The van der Waals surface area contributed by atoms with Crippen molar-refractivity contribution in [2.24, 2.45) is 0 Å². The van der Waals surface area contributed by atoms with Gasteiger partial charge in [-0.05, 0) is 48.9 Å². The highest BCUT2D eigenvalue weighted by Gasteiger charge is 2.21. The molecule has 0 unspecified atom stereocenters. The van der Waals surface area contributed by atoms with Gasteiger partial charge in [0.1, 0.15) is 5.52 Å². The van der Waals surface area contributed by atoms with Gasteiger partial charge in [0.25, 0.3) is 0 Å². The fourth-order valence-electron chi connectivity index (χ4n) is 3.85. The second kappa shape index (κ2) is 11.3. The first-order valence-corrected chi connectivity index (χ1v) is 12.8. The van der Waals surface area contributed by atoms with Crippen LogP contribution in [0.4, 0.5) is 0 Å². The van der Waals surface area contributed by atoms with E-state index in [0.717, 1.165) is 20.7 Å². The summed E-state index contributed by atoms with van der Waals surface area (Å²) in [5.74, 6) is 0.631. The largest absolute Gasteiger partial charge is 0.490 e. The SMILES string of the molecule is CCOc1c(Sc2ccc(C=CC(=O)N3CCN(C(C)=O)CC3)cc2Cl)cc(Cl)c2cccnc12. The van der Waals surface area contributed by atoms with Crippen molar-refractivity contribution in [3.8, 4) is 5.75 Å². The summed E-state index contributed by atoms with van der Waals surface area (Å²) in [7, 11) is 0. The standard InChI is InChI=1S/C26H25Cl2N3O3S/c1-3-34-26-23(16-20(27)19-5-4-10-29-25(19)26)35-22-8-6-18(15-21(22)28)7-9-24(33)31-13-11-30(12-14-31)17(2)32/h4-10,15-16H,3,11-14H2,1-2H3. The number of aromatic nitrogens is 1.